The van der Waals surface area contributed by atoms with Crippen molar-refractivity contribution in [1.82, 2.24) is 14.9 Å². The van der Waals surface area contributed by atoms with E-state index in [0.717, 1.165) is 30.0 Å². The van der Waals surface area contributed by atoms with E-state index in [9.17, 15) is 9.90 Å². The number of hydrogen-bond donors (Lipinski definition) is 3. The van der Waals surface area contributed by atoms with E-state index in [2.05, 4.69) is 26.8 Å². The molecule has 2 amide bonds. The van der Waals surface area contributed by atoms with Crippen LogP contribution in [-0.4, -0.2) is 27.2 Å². The van der Waals surface area contributed by atoms with Gasteiger partial charge in [0.1, 0.15) is 11.6 Å². The highest BCUT2D eigenvalue weighted by molar-refractivity contribution is 5.91. The van der Waals surface area contributed by atoms with Gasteiger partial charge in [0.05, 0.1) is 11.4 Å². The predicted molar refractivity (Wildman–Crippen MR) is 89.5 cm³/mol. The van der Waals surface area contributed by atoms with Crippen LogP contribution in [0.5, 0.6) is 5.75 Å². The van der Waals surface area contributed by atoms with Crippen LogP contribution in [0.4, 0.5) is 10.5 Å². The van der Waals surface area contributed by atoms with Gasteiger partial charge in [-0.3, -0.25) is 0 Å². The van der Waals surface area contributed by atoms with Gasteiger partial charge in [0.2, 0.25) is 0 Å². The third kappa shape index (κ3) is 3.36. The van der Waals surface area contributed by atoms with Crippen molar-refractivity contribution in [2.24, 2.45) is 0 Å². The second-order valence-corrected chi connectivity index (χ2v) is 5.55. The van der Waals surface area contributed by atoms with Crippen LogP contribution in [0.2, 0.25) is 0 Å². The van der Waals surface area contributed by atoms with Crippen molar-refractivity contribution in [3.8, 4) is 17.0 Å². The van der Waals surface area contributed by atoms with E-state index in [0.29, 0.717) is 12.2 Å². The lowest BCUT2D eigenvalue weighted by atomic mass is 10.1. The summed E-state index contributed by atoms with van der Waals surface area (Å²) < 4.78 is 2.18. The number of aromatic nitrogens is 2. The van der Waals surface area contributed by atoms with Crippen LogP contribution in [0.25, 0.3) is 11.3 Å². The highest BCUT2D eigenvalue weighted by Gasteiger charge is 2.14. The average Bonchev–Trinajstić information content (AvgIpc) is 2.99. The highest BCUT2D eigenvalue weighted by Crippen LogP contribution is 2.30. The second kappa shape index (κ2) is 6.56. The molecule has 1 aliphatic heterocycles. The number of fused-ring (bicyclic) bond motifs is 1. The first-order valence-electron chi connectivity index (χ1n) is 7.72. The minimum atomic E-state index is -0.388. The first-order chi connectivity index (χ1) is 11.2. The van der Waals surface area contributed by atoms with E-state index in [-0.39, 0.29) is 11.8 Å². The third-order valence-corrected chi connectivity index (χ3v) is 3.86. The van der Waals surface area contributed by atoms with Gasteiger partial charge in [0, 0.05) is 31.3 Å². The Hall–Kier alpha value is -2.76. The molecule has 0 radical (unpaired) electrons. The van der Waals surface area contributed by atoms with E-state index in [1.165, 1.54) is 12.8 Å². The van der Waals surface area contributed by atoms with Crippen LogP contribution in [0, 0.1) is 0 Å². The van der Waals surface area contributed by atoms with Gasteiger partial charge in [-0.25, -0.2) is 9.78 Å². The third-order valence-electron chi connectivity index (χ3n) is 3.86. The zero-order valence-corrected chi connectivity index (χ0v) is 12.9. The summed E-state index contributed by atoms with van der Waals surface area (Å²) in [5.74, 6) is 1.11. The molecular formula is C17H20N4O2. The number of carbonyl (C=O) groups excluding carboxylic acids is 1. The largest absolute Gasteiger partial charge is 0.506 e. The molecule has 6 heteroatoms. The van der Waals surface area contributed by atoms with Gasteiger partial charge in [-0.05, 0) is 31.0 Å². The summed E-state index contributed by atoms with van der Waals surface area (Å²) in [6, 6.07) is 4.71. The smallest absolute Gasteiger partial charge is 0.319 e. The van der Waals surface area contributed by atoms with Gasteiger partial charge in [0.15, 0.2) is 0 Å². The van der Waals surface area contributed by atoms with Crippen LogP contribution in [-0.2, 0) is 13.0 Å². The molecule has 3 rings (SSSR count). The average molecular weight is 312 g/mol. The second-order valence-electron chi connectivity index (χ2n) is 5.55. The van der Waals surface area contributed by atoms with E-state index in [1.807, 2.05) is 6.20 Å². The molecule has 2 heterocycles. The lowest BCUT2D eigenvalue weighted by molar-refractivity contribution is 0.253. The van der Waals surface area contributed by atoms with E-state index in [4.69, 9.17) is 0 Å². The molecule has 120 valence electrons. The predicted octanol–water partition coefficient (Wildman–Crippen LogP) is 2.90. The summed E-state index contributed by atoms with van der Waals surface area (Å²) in [5, 5.41) is 15.2. The van der Waals surface area contributed by atoms with Crippen LogP contribution in [0.1, 0.15) is 18.7 Å². The first kappa shape index (κ1) is 15.1. The number of benzene rings is 1. The molecule has 0 bridgehead atoms. The zero-order chi connectivity index (χ0) is 16.2. The van der Waals surface area contributed by atoms with E-state index >= 15 is 0 Å². The van der Waals surface area contributed by atoms with E-state index in [1.54, 1.807) is 24.3 Å². The molecule has 23 heavy (non-hydrogen) atoms. The molecule has 0 saturated carbocycles. The van der Waals surface area contributed by atoms with Crippen molar-refractivity contribution in [3.63, 3.8) is 0 Å². The Balaban J connectivity index is 1.83. The number of phenols is 1. The number of amides is 2. The fourth-order valence-corrected chi connectivity index (χ4v) is 2.68. The molecule has 1 aliphatic rings. The summed E-state index contributed by atoms with van der Waals surface area (Å²) in [5.41, 5.74) is 2.08. The molecular weight excluding hydrogens is 292 g/mol. The van der Waals surface area contributed by atoms with Crippen molar-refractivity contribution >= 4 is 11.7 Å². The van der Waals surface area contributed by atoms with E-state index < -0.39 is 0 Å². The van der Waals surface area contributed by atoms with Gasteiger partial charge in [0.25, 0.3) is 0 Å². The summed E-state index contributed by atoms with van der Waals surface area (Å²) in [7, 11) is 0. The number of carbonyl (C=O) groups is 1. The maximum atomic E-state index is 11.7. The van der Waals surface area contributed by atoms with Crippen molar-refractivity contribution in [2.45, 2.75) is 25.8 Å². The van der Waals surface area contributed by atoms with Gasteiger partial charge < -0.3 is 20.3 Å². The fourth-order valence-electron chi connectivity index (χ4n) is 2.68. The van der Waals surface area contributed by atoms with Gasteiger partial charge >= 0.3 is 6.03 Å². The molecule has 0 fully saturated rings. The van der Waals surface area contributed by atoms with Crippen molar-refractivity contribution in [1.29, 1.82) is 0 Å². The molecule has 1 aromatic carbocycles. The Morgan fingerprint density at radius 1 is 1.43 bits per heavy atom. The van der Waals surface area contributed by atoms with Crippen molar-refractivity contribution in [3.05, 3.63) is 42.9 Å². The molecule has 0 saturated heterocycles. The number of nitrogens with zero attached hydrogens (tertiary/aromatic N) is 2. The minimum Gasteiger partial charge on any atom is -0.506 e. The Bertz CT molecular complexity index is 713. The Morgan fingerprint density at radius 3 is 3.09 bits per heavy atom. The van der Waals surface area contributed by atoms with Crippen molar-refractivity contribution in [2.75, 3.05) is 11.9 Å². The fraction of sp³-hybridized carbons (Fsp3) is 0.294. The zero-order valence-electron chi connectivity index (χ0n) is 12.9. The number of rotatable bonds is 4. The lowest BCUT2D eigenvalue weighted by Crippen LogP contribution is -2.28. The molecule has 6 nitrogen and oxygen atoms in total. The van der Waals surface area contributed by atoms with Gasteiger partial charge in [-0.15, -0.1) is 6.58 Å². The molecule has 2 aromatic rings. The monoisotopic (exact) mass is 312 g/mol. The van der Waals surface area contributed by atoms with Gasteiger partial charge in [-0.1, -0.05) is 6.08 Å². The summed E-state index contributed by atoms with van der Waals surface area (Å²) in [6.45, 7) is 4.90. The van der Waals surface area contributed by atoms with Gasteiger partial charge in [-0.2, -0.15) is 0 Å². The number of phenolic OH excluding ortho intramolecular Hbond substituents is 1. The SMILES string of the molecule is C=CCNC(=O)Nc1cc(-c2cn3c(n2)CCCC3)ccc1O. The normalized spacial score (nSPS) is 13.2. The number of imidazole rings is 1. The number of hydrogen-bond acceptors (Lipinski definition) is 3. The Morgan fingerprint density at radius 2 is 2.30 bits per heavy atom. The molecule has 0 aliphatic carbocycles. The van der Waals surface area contributed by atoms with Crippen LogP contribution >= 0.6 is 0 Å². The maximum absolute atomic E-state index is 11.7. The highest BCUT2D eigenvalue weighted by atomic mass is 16.3. The Labute approximate surface area is 134 Å². The number of aromatic hydroxyl groups is 1. The van der Waals surface area contributed by atoms with Crippen LogP contribution in [0.15, 0.2) is 37.1 Å². The quantitative estimate of drug-likeness (QED) is 0.600. The standard InChI is InChI=1S/C17H20N4O2/c1-2-8-18-17(23)20-13-10-12(6-7-15(13)22)14-11-21-9-4-3-5-16(21)19-14/h2,6-7,10-11,22H,1,3-5,8-9H2,(H2,18,20,23). The topological polar surface area (TPSA) is 79.2 Å². The molecule has 3 N–H and O–H groups in total. The number of urea groups is 1. The first-order valence-corrected chi connectivity index (χ1v) is 7.72. The summed E-state index contributed by atoms with van der Waals surface area (Å²) in [6.07, 6.45) is 6.96. The van der Waals surface area contributed by atoms with Crippen molar-refractivity contribution < 1.29 is 9.90 Å². The summed E-state index contributed by atoms with van der Waals surface area (Å²) >= 11 is 0. The van der Waals surface area contributed by atoms with Crippen LogP contribution < -0.4 is 10.6 Å². The van der Waals surface area contributed by atoms with Crippen LogP contribution in [0.3, 0.4) is 0 Å². The molecule has 0 atom stereocenters. The lowest BCUT2D eigenvalue weighted by Gasteiger charge is -2.11. The maximum Gasteiger partial charge on any atom is 0.319 e. The number of aryl methyl sites for hydroxylation is 2. The Kier molecular flexibility index (Phi) is 4.32. The minimum absolute atomic E-state index is 0.0199. The number of anilines is 1. The number of nitrogens with one attached hydrogen (secondary N) is 2. The molecule has 0 spiro atoms. The molecule has 1 aromatic heterocycles. The molecule has 0 unspecified atom stereocenters. The summed E-state index contributed by atoms with van der Waals surface area (Å²) in [4.78, 5) is 16.4.